The molecule has 0 aliphatic heterocycles. The summed E-state index contributed by atoms with van der Waals surface area (Å²) in [5.74, 6) is -0.631. The number of halogens is 1. The minimum atomic E-state index is -3.84. The van der Waals surface area contributed by atoms with E-state index < -0.39 is 31.3 Å². The number of hydroxylamine groups is 1. The Bertz CT molecular complexity index is 1120. The molecule has 1 unspecified atom stereocenters. The minimum absolute atomic E-state index is 0.0927. The van der Waals surface area contributed by atoms with Crippen molar-refractivity contribution in [3.8, 4) is 0 Å². The second-order valence-corrected chi connectivity index (χ2v) is 12.0. The van der Waals surface area contributed by atoms with Crippen LogP contribution < -0.4 is 21.5 Å². The standard InChI is InChI=1S/C18H23AsBrN5O5S/c1-12-6-7-15(24-31(28,29)11-13-4-2-3-5-14(13)20)17(27)25(12)10-16(26)19-8-9-30-23-18(21)22/h2-7,19,24H,8-11H2,1H3,(H4,21,22,23). The van der Waals surface area contributed by atoms with Crippen molar-refractivity contribution in [1.29, 1.82) is 5.41 Å². The van der Waals surface area contributed by atoms with Gasteiger partial charge in [-0.05, 0) is 0 Å². The van der Waals surface area contributed by atoms with Crippen molar-refractivity contribution < 1.29 is 18.0 Å². The van der Waals surface area contributed by atoms with Crippen LogP contribution in [0.5, 0.6) is 0 Å². The number of aromatic nitrogens is 1. The molecule has 0 amide bonds. The van der Waals surface area contributed by atoms with Crippen LogP contribution in [0.4, 0.5) is 5.69 Å². The number of aryl methyl sites for hydroxylation is 1. The molecule has 0 bridgehead atoms. The Kier molecular flexibility index (Phi) is 9.29. The fourth-order valence-corrected chi connectivity index (χ4v) is 5.95. The second kappa shape index (κ2) is 11.5. The molecule has 2 rings (SSSR count). The molecule has 31 heavy (non-hydrogen) atoms. The Balaban J connectivity index is 2.06. The van der Waals surface area contributed by atoms with Gasteiger partial charge in [-0.25, -0.2) is 0 Å². The summed E-state index contributed by atoms with van der Waals surface area (Å²) in [5.41, 5.74) is 7.68. The van der Waals surface area contributed by atoms with Crippen LogP contribution in [0.3, 0.4) is 0 Å². The summed E-state index contributed by atoms with van der Waals surface area (Å²) in [6.07, 6.45) is 0. The molecule has 0 fully saturated rings. The van der Waals surface area contributed by atoms with Crippen molar-refractivity contribution >= 4 is 57.9 Å². The average Bonchev–Trinajstić information content (AvgIpc) is 2.68. The maximum atomic E-state index is 12.8. The summed E-state index contributed by atoms with van der Waals surface area (Å²) >= 11 is 2.25. The van der Waals surface area contributed by atoms with Crippen LogP contribution in [0.25, 0.3) is 0 Å². The van der Waals surface area contributed by atoms with Gasteiger partial charge in [0.15, 0.2) is 0 Å². The molecule has 13 heteroatoms. The fourth-order valence-electron chi connectivity index (χ4n) is 2.54. The summed E-state index contributed by atoms with van der Waals surface area (Å²) in [7, 11) is -3.84. The van der Waals surface area contributed by atoms with Gasteiger partial charge in [0.1, 0.15) is 0 Å². The van der Waals surface area contributed by atoms with E-state index in [0.29, 0.717) is 20.9 Å². The van der Waals surface area contributed by atoms with Gasteiger partial charge in [0.25, 0.3) is 0 Å². The molecule has 5 N–H and O–H groups in total. The zero-order chi connectivity index (χ0) is 23.0. The molecule has 0 aliphatic rings. The summed E-state index contributed by atoms with van der Waals surface area (Å²) < 4.78 is 29.3. The molecule has 168 valence electrons. The second-order valence-electron chi connectivity index (χ2n) is 6.45. The Morgan fingerprint density at radius 1 is 1.29 bits per heavy atom. The first kappa shape index (κ1) is 25.1. The zero-order valence-corrected chi connectivity index (χ0v) is 21.1. The first-order valence-corrected chi connectivity index (χ1v) is 14.0. The van der Waals surface area contributed by atoms with Crippen LogP contribution in [0, 0.1) is 12.3 Å². The number of pyridine rings is 1. The first-order chi connectivity index (χ1) is 14.6. The summed E-state index contributed by atoms with van der Waals surface area (Å²) in [6.45, 7) is 1.76. The molecule has 10 nitrogen and oxygen atoms in total. The van der Waals surface area contributed by atoms with Gasteiger partial charge in [0, 0.05) is 0 Å². The first-order valence-electron chi connectivity index (χ1n) is 9.02. The third-order valence-electron chi connectivity index (χ3n) is 3.97. The molecule has 0 spiro atoms. The van der Waals surface area contributed by atoms with Crippen LogP contribution >= 0.6 is 15.9 Å². The van der Waals surface area contributed by atoms with Crippen LogP contribution in [-0.4, -0.2) is 45.9 Å². The Hall–Kier alpha value is -2.14. The number of nitrogens with one attached hydrogen (secondary N) is 3. The number of carbonyl (C=O) groups is 1. The number of sulfonamides is 1. The zero-order valence-electron chi connectivity index (χ0n) is 16.6. The quantitative estimate of drug-likeness (QED) is 0.101. The van der Waals surface area contributed by atoms with E-state index in [9.17, 15) is 18.0 Å². The molecular formula is C18H23AsBrN5O5S. The molecule has 0 radical (unpaired) electrons. The number of hydrogen-bond donors (Lipinski definition) is 4. The van der Waals surface area contributed by atoms with Gasteiger partial charge in [-0.2, -0.15) is 0 Å². The monoisotopic (exact) mass is 575 g/mol. The normalized spacial score (nSPS) is 11.5. The third-order valence-corrected chi connectivity index (χ3v) is 8.08. The van der Waals surface area contributed by atoms with Gasteiger partial charge in [-0.3, -0.25) is 0 Å². The number of nitrogens with two attached hydrogens (primary N) is 1. The number of nitrogens with zero attached hydrogens (tertiary/aromatic N) is 1. The average molecular weight is 576 g/mol. The van der Waals surface area contributed by atoms with Gasteiger partial charge in [0.05, 0.1) is 0 Å². The summed E-state index contributed by atoms with van der Waals surface area (Å²) in [5, 5.41) is 7.45. The van der Waals surface area contributed by atoms with Crippen molar-refractivity contribution in [2.75, 3.05) is 11.3 Å². The number of hydrogen-bond acceptors (Lipinski definition) is 6. The van der Waals surface area contributed by atoms with E-state index in [1.165, 1.54) is 10.6 Å². The number of rotatable bonds is 11. The molecular weight excluding hydrogens is 553 g/mol. The maximum absolute atomic E-state index is 12.8. The summed E-state index contributed by atoms with van der Waals surface area (Å²) in [4.78, 5) is 30.0. The van der Waals surface area contributed by atoms with E-state index in [2.05, 4.69) is 26.1 Å². The number of guanidine groups is 1. The molecule has 0 saturated heterocycles. The van der Waals surface area contributed by atoms with E-state index in [1.54, 1.807) is 37.3 Å². The van der Waals surface area contributed by atoms with Crippen LogP contribution in [0.2, 0.25) is 5.21 Å². The van der Waals surface area contributed by atoms with Crippen molar-refractivity contribution in [3.63, 3.8) is 0 Å². The molecule has 1 aromatic carbocycles. The Labute approximate surface area is 194 Å². The molecule has 0 aliphatic carbocycles. The molecule has 1 heterocycles. The van der Waals surface area contributed by atoms with Gasteiger partial charge < -0.3 is 0 Å². The van der Waals surface area contributed by atoms with E-state index >= 15 is 0 Å². The molecule has 0 saturated carbocycles. The van der Waals surface area contributed by atoms with E-state index in [4.69, 9.17) is 16.0 Å². The molecule has 1 aromatic heterocycles. The number of anilines is 1. The Morgan fingerprint density at radius 3 is 2.68 bits per heavy atom. The van der Waals surface area contributed by atoms with E-state index in [0.717, 1.165) is 0 Å². The predicted molar refractivity (Wildman–Crippen MR) is 124 cm³/mol. The number of carbonyl (C=O) groups excluding carboxylic acids is 1. The van der Waals surface area contributed by atoms with Crippen LogP contribution in [0.15, 0.2) is 45.7 Å². The third kappa shape index (κ3) is 8.13. The van der Waals surface area contributed by atoms with Gasteiger partial charge in [0.2, 0.25) is 0 Å². The van der Waals surface area contributed by atoms with Crippen molar-refractivity contribution in [1.82, 2.24) is 10.0 Å². The van der Waals surface area contributed by atoms with E-state index in [-0.39, 0.29) is 35.1 Å². The van der Waals surface area contributed by atoms with Crippen LogP contribution in [-0.2, 0) is 32.0 Å². The van der Waals surface area contributed by atoms with Crippen molar-refractivity contribution in [2.45, 2.75) is 24.4 Å². The van der Waals surface area contributed by atoms with Crippen molar-refractivity contribution in [2.24, 2.45) is 5.73 Å². The van der Waals surface area contributed by atoms with Gasteiger partial charge in [-0.1, -0.05) is 0 Å². The van der Waals surface area contributed by atoms with E-state index in [1.807, 2.05) is 0 Å². The van der Waals surface area contributed by atoms with Crippen LogP contribution in [0.1, 0.15) is 11.3 Å². The fraction of sp³-hybridized carbons (Fsp3) is 0.278. The molecule has 2 aromatic rings. The predicted octanol–water partition coefficient (Wildman–Crippen LogP) is 0.657. The molecule has 1 atom stereocenters. The SMILES string of the molecule is Cc1ccc(NS(=O)(=O)Cc2ccccc2Br)c(=O)n1CC(=O)[AsH]CCONC(=N)N. The number of benzene rings is 1. The van der Waals surface area contributed by atoms with Gasteiger partial charge in [-0.15, -0.1) is 0 Å². The van der Waals surface area contributed by atoms with Crippen molar-refractivity contribution in [3.05, 3.63) is 62.5 Å². The Morgan fingerprint density at radius 2 is 2.00 bits per heavy atom. The van der Waals surface area contributed by atoms with Gasteiger partial charge >= 0.3 is 195 Å². The topological polar surface area (TPSA) is 156 Å². The summed E-state index contributed by atoms with van der Waals surface area (Å²) in [6, 6.07) is 9.90.